The molecule has 0 aliphatic heterocycles. The van der Waals surface area contributed by atoms with Gasteiger partial charge >= 0.3 is 0 Å². The van der Waals surface area contributed by atoms with Crippen LogP contribution in [0.4, 0.5) is 5.69 Å². The van der Waals surface area contributed by atoms with Gasteiger partial charge in [0.1, 0.15) is 0 Å². The monoisotopic (exact) mass is 317 g/mol. The molecule has 2 aromatic carbocycles. The van der Waals surface area contributed by atoms with Crippen molar-refractivity contribution in [3.63, 3.8) is 0 Å². The highest BCUT2D eigenvalue weighted by Crippen LogP contribution is 2.16. The Morgan fingerprint density at radius 2 is 1.84 bits per heavy atom. The summed E-state index contributed by atoms with van der Waals surface area (Å²) < 4.78 is 1.04. The minimum absolute atomic E-state index is 0.416. The van der Waals surface area contributed by atoms with Gasteiger partial charge in [-0.2, -0.15) is 0 Å². The summed E-state index contributed by atoms with van der Waals surface area (Å²) in [7, 11) is 0. The van der Waals surface area contributed by atoms with Gasteiger partial charge in [0.2, 0.25) is 0 Å². The number of rotatable bonds is 3. The number of nitrogens with zero attached hydrogens (tertiary/aromatic N) is 1. The van der Waals surface area contributed by atoms with Crippen LogP contribution in [-0.2, 0) is 6.54 Å². The van der Waals surface area contributed by atoms with E-state index in [1.807, 2.05) is 55.5 Å². The van der Waals surface area contributed by atoms with Crippen molar-refractivity contribution < 1.29 is 0 Å². The molecule has 3 nitrogen and oxygen atoms in total. The van der Waals surface area contributed by atoms with Gasteiger partial charge in [-0.3, -0.25) is 0 Å². The highest BCUT2D eigenvalue weighted by atomic mass is 79.9. The molecule has 0 atom stereocenters. The van der Waals surface area contributed by atoms with Gasteiger partial charge in [0.15, 0.2) is 5.96 Å². The number of aliphatic imine (C=N–C) groups is 1. The van der Waals surface area contributed by atoms with Crippen molar-refractivity contribution in [1.29, 1.82) is 0 Å². The first-order chi connectivity index (χ1) is 9.15. The SMILES string of the molecule is Cc1ccc(NC(N)=NCc2ccccc2Br)cc1. The standard InChI is InChI=1S/C15H16BrN3/c1-11-6-8-13(9-7-11)19-15(17)18-10-12-4-2-3-5-14(12)16/h2-9H,10H2,1H3,(H3,17,18,19). The Hall–Kier alpha value is -1.81. The van der Waals surface area contributed by atoms with Gasteiger partial charge in [0.25, 0.3) is 0 Å². The number of hydrogen-bond donors (Lipinski definition) is 2. The van der Waals surface area contributed by atoms with Gasteiger partial charge in [-0.25, -0.2) is 4.99 Å². The van der Waals surface area contributed by atoms with Gasteiger partial charge < -0.3 is 11.1 Å². The fraction of sp³-hybridized carbons (Fsp3) is 0.133. The zero-order valence-corrected chi connectivity index (χ0v) is 12.3. The zero-order valence-electron chi connectivity index (χ0n) is 10.7. The van der Waals surface area contributed by atoms with Crippen LogP contribution in [0, 0.1) is 6.92 Å². The van der Waals surface area contributed by atoms with Gasteiger partial charge in [-0.15, -0.1) is 0 Å². The average molecular weight is 318 g/mol. The molecule has 2 aromatic rings. The number of guanidine groups is 1. The Balaban J connectivity index is 2.00. The lowest BCUT2D eigenvalue weighted by Gasteiger charge is -2.06. The maximum atomic E-state index is 5.87. The lowest BCUT2D eigenvalue weighted by molar-refractivity contribution is 1.05. The molecular formula is C15H16BrN3. The Morgan fingerprint density at radius 3 is 2.53 bits per heavy atom. The summed E-state index contributed by atoms with van der Waals surface area (Å²) in [5.74, 6) is 0.416. The van der Waals surface area contributed by atoms with Crippen molar-refractivity contribution in [3.8, 4) is 0 Å². The Labute approximate surface area is 121 Å². The number of halogens is 1. The van der Waals surface area contributed by atoms with E-state index in [2.05, 4.69) is 26.2 Å². The molecule has 0 radical (unpaired) electrons. The van der Waals surface area contributed by atoms with Crippen LogP contribution >= 0.6 is 15.9 Å². The molecule has 4 heteroatoms. The van der Waals surface area contributed by atoms with E-state index in [9.17, 15) is 0 Å². The molecule has 0 fully saturated rings. The topological polar surface area (TPSA) is 50.4 Å². The molecule has 3 N–H and O–H groups in total. The summed E-state index contributed by atoms with van der Waals surface area (Å²) >= 11 is 3.49. The molecule has 0 heterocycles. The summed E-state index contributed by atoms with van der Waals surface area (Å²) in [5.41, 5.74) is 9.13. The molecule has 19 heavy (non-hydrogen) atoms. The number of aryl methyl sites for hydroxylation is 1. The maximum absolute atomic E-state index is 5.87. The van der Waals surface area contributed by atoms with Crippen LogP contribution in [0.2, 0.25) is 0 Å². The number of benzene rings is 2. The molecule has 2 rings (SSSR count). The summed E-state index contributed by atoms with van der Waals surface area (Å²) in [6, 6.07) is 16.0. The molecule has 0 saturated carbocycles. The van der Waals surface area contributed by atoms with Crippen molar-refractivity contribution in [3.05, 3.63) is 64.1 Å². The second-order valence-electron chi connectivity index (χ2n) is 4.28. The molecule has 0 aliphatic carbocycles. The Kier molecular flexibility index (Phi) is 4.58. The predicted molar refractivity (Wildman–Crippen MR) is 84.3 cm³/mol. The van der Waals surface area contributed by atoms with E-state index in [1.165, 1.54) is 5.56 Å². The van der Waals surface area contributed by atoms with E-state index >= 15 is 0 Å². The molecule has 0 amide bonds. The predicted octanol–water partition coefficient (Wildman–Crippen LogP) is 3.68. The number of hydrogen-bond acceptors (Lipinski definition) is 1. The summed E-state index contributed by atoms with van der Waals surface area (Å²) in [5, 5.41) is 3.07. The highest BCUT2D eigenvalue weighted by molar-refractivity contribution is 9.10. The molecule has 0 saturated heterocycles. The van der Waals surface area contributed by atoms with Gasteiger partial charge in [0, 0.05) is 10.2 Å². The third-order valence-electron chi connectivity index (χ3n) is 2.70. The minimum atomic E-state index is 0.416. The van der Waals surface area contributed by atoms with Crippen LogP contribution in [0.3, 0.4) is 0 Å². The van der Waals surface area contributed by atoms with E-state index in [0.717, 1.165) is 15.7 Å². The van der Waals surface area contributed by atoms with Gasteiger partial charge in [0.05, 0.1) is 6.54 Å². The fourth-order valence-corrected chi connectivity index (χ4v) is 2.03. The van der Waals surface area contributed by atoms with Crippen LogP contribution in [0.25, 0.3) is 0 Å². The van der Waals surface area contributed by atoms with Crippen LogP contribution in [0.15, 0.2) is 58.0 Å². The fourth-order valence-electron chi connectivity index (χ4n) is 1.62. The Morgan fingerprint density at radius 1 is 1.16 bits per heavy atom. The summed E-state index contributed by atoms with van der Waals surface area (Å²) in [4.78, 5) is 4.33. The molecule has 98 valence electrons. The van der Waals surface area contributed by atoms with E-state index in [0.29, 0.717) is 12.5 Å². The molecule has 0 bridgehead atoms. The van der Waals surface area contributed by atoms with Crippen LogP contribution in [0.5, 0.6) is 0 Å². The van der Waals surface area contributed by atoms with Crippen molar-refractivity contribution in [1.82, 2.24) is 0 Å². The van der Waals surface area contributed by atoms with E-state index in [4.69, 9.17) is 5.73 Å². The van der Waals surface area contributed by atoms with Crippen molar-refractivity contribution in [2.24, 2.45) is 10.7 Å². The zero-order chi connectivity index (χ0) is 13.7. The first kappa shape index (κ1) is 13.6. The van der Waals surface area contributed by atoms with Crippen molar-refractivity contribution >= 4 is 27.6 Å². The average Bonchev–Trinajstić information content (AvgIpc) is 2.40. The van der Waals surface area contributed by atoms with E-state index in [1.54, 1.807) is 0 Å². The minimum Gasteiger partial charge on any atom is -0.370 e. The largest absolute Gasteiger partial charge is 0.370 e. The molecule has 0 aliphatic rings. The second kappa shape index (κ2) is 6.38. The summed E-state index contributed by atoms with van der Waals surface area (Å²) in [6.07, 6.45) is 0. The van der Waals surface area contributed by atoms with E-state index < -0.39 is 0 Å². The van der Waals surface area contributed by atoms with Crippen molar-refractivity contribution in [2.45, 2.75) is 13.5 Å². The first-order valence-electron chi connectivity index (χ1n) is 6.02. The van der Waals surface area contributed by atoms with Gasteiger partial charge in [-0.1, -0.05) is 51.8 Å². The lowest BCUT2D eigenvalue weighted by Crippen LogP contribution is -2.22. The smallest absolute Gasteiger partial charge is 0.193 e. The molecule has 0 aromatic heterocycles. The van der Waals surface area contributed by atoms with Crippen LogP contribution in [0.1, 0.15) is 11.1 Å². The second-order valence-corrected chi connectivity index (χ2v) is 5.14. The maximum Gasteiger partial charge on any atom is 0.193 e. The van der Waals surface area contributed by atoms with E-state index in [-0.39, 0.29) is 0 Å². The molecule has 0 spiro atoms. The normalized spacial score (nSPS) is 11.4. The number of nitrogens with two attached hydrogens (primary N) is 1. The summed E-state index contributed by atoms with van der Waals surface area (Å²) in [6.45, 7) is 2.60. The molecule has 0 unspecified atom stereocenters. The quantitative estimate of drug-likeness (QED) is 0.670. The van der Waals surface area contributed by atoms with Crippen LogP contribution < -0.4 is 11.1 Å². The third-order valence-corrected chi connectivity index (χ3v) is 3.48. The number of anilines is 1. The van der Waals surface area contributed by atoms with Crippen LogP contribution in [-0.4, -0.2) is 5.96 Å². The van der Waals surface area contributed by atoms with Crippen molar-refractivity contribution in [2.75, 3.05) is 5.32 Å². The third kappa shape index (κ3) is 4.10. The lowest BCUT2D eigenvalue weighted by atomic mass is 10.2. The highest BCUT2D eigenvalue weighted by Gasteiger charge is 1.98. The molecular weight excluding hydrogens is 302 g/mol. The first-order valence-corrected chi connectivity index (χ1v) is 6.81. The Bertz CT molecular complexity index is 576. The van der Waals surface area contributed by atoms with Gasteiger partial charge in [-0.05, 0) is 30.7 Å². The number of nitrogens with one attached hydrogen (secondary N) is 1.